The molecule has 0 fully saturated rings. The molecule has 0 saturated heterocycles. The molecule has 28 heavy (non-hydrogen) atoms. The zero-order valence-electron chi connectivity index (χ0n) is 15.4. The van der Waals surface area contributed by atoms with Gasteiger partial charge in [0.1, 0.15) is 0 Å². The fraction of sp³-hybridized carbons (Fsp3) is 0.190. The molecule has 0 radical (unpaired) electrons. The van der Waals surface area contributed by atoms with Crippen LogP contribution in [0.1, 0.15) is 11.1 Å². The Kier molecular flexibility index (Phi) is 6.16. The highest BCUT2D eigenvalue weighted by molar-refractivity contribution is 7.88. The molecule has 6 nitrogen and oxygen atoms in total. The first-order valence-electron chi connectivity index (χ1n) is 8.94. The second kappa shape index (κ2) is 8.75. The minimum atomic E-state index is -3.61. The van der Waals surface area contributed by atoms with Crippen molar-refractivity contribution >= 4 is 15.9 Å². The van der Waals surface area contributed by atoms with Gasteiger partial charge in [-0.15, -0.1) is 0 Å². The van der Waals surface area contributed by atoms with Crippen molar-refractivity contribution in [2.75, 3.05) is 6.54 Å². The molecule has 2 aromatic rings. The van der Waals surface area contributed by atoms with Crippen LogP contribution in [0.25, 0.3) is 0 Å². The summed E-state index contributed by atoms with van der Waals surface area (Å²) in [5.74, 6) is -0.598. The maximum Gasteiger partial charge on any atom is 0.236 e. The summed E-state index contributed by atoms with van der Waals surface area (Å²) in [6, 6.07) is 18.4. The second-order valence-corrected chi connectivity index (χ2v) is 8.38. The Morgan fingerprint density at radius 3 is 2.21 bits per heavy atom. The summed E-state index contributed by atoms with van der Waals surface area (Å²) in [4.78, 5) is 13.2. The highest BCUT2D eigenvalue weighted by Crippen LogP contribution is 2.20. The molecule has 0 aliphatic carbocycles. The minimum absolute atomic E-state index is 0.00571. The fourth-order valence-corrected chi connectivity index (χ4v) is 4.44. The summed E-state index contributed by atoms with van der Waals surface area (Å²) in [6.45, 7) is 0.00571. The van der Waals surface area contributed by atoms with E-state index in [2.05, 4.69) is 4.72 Å². The summed E-state index contributed by atoms with van der Waals surface area (Å²) in [7, 11) is -3.61. The number of nitrogens with one attached hydrogen (secondary N) is 1. The van der Waals surface area contributed by atoms with Crippen LogP contribution in [0.2, 0.25) is 0 Å². The lowest BCUT2D eigenvalue weighted by Crippen LogP contribution is -2.45. The number of rotatable bonds is 8. The molecule has 1 aliphatic rings. The molecule has 1 aliphatic heterocycles. The first kappa shape index (κ1) is 19.7. The van der Waals surface area contributed by atoms with Gasteiger partial charge >= 0.3 is 0 Å². The molecule has 1 atom stereocenters. The van der Waals surface area contributed by atoms with Crippen molar-refractivity contribution < 1.29 is 13.2 Å². The van der Waals surface area contributed by atoms with Crippen LogP contribution >= 0.6 is 0 Å². The van der Waals surface area contributed by atoms with Crippen LogP contribution in [0.3, 0.4) is 0 Å². The standard InChI is InChI=1S/C21H23N3O3S/c22-21(25)15-24-13-7-12-19(20(24)14-17-8-3-1-4-9-17)23-28(26,27)16-18-10-5-2-6-11-18/h1-13,20,23H,14-16H2,(H2,22,25). The van der Waals surface area contributed by atoms with E-state index in [0.29, 0.717) is 17.7 Å². The Bertz CT molecular complexity index is 970. The number of sulfonamides is 1. The molecule has 146 valence electrons. The average Bonchev–Trinajstić information content (AvgIpc) is 2.65. The van der Waals surface area contributed by atoms with E-state index in [-0.39, 0.29) is 18.3 Å². The number of hydrogen-bond acceptors (Lipinski definition) is 4. The van der Waals surface area contributed by atoms with E-state index < -0.39 is 15.9 Å². The Hall–Kier alpha value is -3.06. The number of carbonyl (C=O) groups is 1. The first-order chi connectivity index (χ1) is 13.4. The molecule has 3 rings (SSSR count). The van der Waals surface area contributed by atoms with Gasteiger partial charge in [0.05, 0.1) is 18.3 Å². The SMILES string of the molecule is NC(=O)CN1C=CC=C(NS(=O)(=O)Cc2ccccc2)C1Cc1ccccc1. The maximum atomic E-state index is 12.7. The van der Waals surface area contributed by atoms with Gasteiger partial charge in [0.25, 0.3) is 0 Å². The molecule has 1 heterocycles. The van der Waals surface area contributed by atoms with Crippen LogP contribution in [-0.2, 0) is 27.0 Å². The summed E-state index contributed by atoms with van der Waals surface area (Å²) in [6.07, 6.45) is 5.74. The highest BCUT2D eigenvalue weighted by atomic mass is 32.2. The van der Waals surface area contributed by atoms with E-state index in [4.69, 9.17) is 5.73 Å². The third-order valence-corrected chi connectivity index (χ3v) is 5.66. The van der Waals surface area contributed by atoms with Crippen molar-refractivity contribution in [3.05, 3.63) is 95.8 Å². The zero-order chi connectivity index (χ0) is 20.0. The van der Waals surface area contributed by atoms with Crippen LogP contribution < -0.4 is 10.5 Å². The normalized spacial score (nSPS) is 16.5. The smallest absolute Gasteiger partial charge is 0.236 e. The van der Waals surface area contributed by atoms with Crippen LogP contribution in [0.15, 0.2) is 84.7 Å². The van der Waals surface area contributed by atoms with Gasteiger partial charge in [-0.3, -0.25) is 9.52 Å². The minimum Gasteiger partial charge on any atom is -0.368 e. The number of primary amides is 1. The number of nitrogens with two attached hydrogens (primary N) is 1. The third-order valence-electron chi connectivity index (χ3n) is 4.40. The van der Waals surface area contributed by atoms with Gasteiger partial charge in [-0.25, -0.2) is 8.42 Å². The summed E-state index contributed by atoms with van der Waals surface area (Å²) in [5.41, 5.74) is 7.64. The molecule has 0 bridgehead atoms. The maximum absolute atomic E-state index is 12.7. The summed E-state index contributed by atoms with van der Waals surface area (Å²) >= 11 is 0. The quantitative estimate of drug-likeness (QED) is 0.712. The van der Waals surface area contributed by atoms with Gasteiger partial charge in [0, 0.05) is 11.9 Å². The van der Waals surface area contributed by atoms with Crippen LogP contribution in [0.5, 0.6) is 0 Å². The number of nitrogens with zero attached hydrogens (tertiary/aromatic N) is 1. The molecular formula is C21H23N3O3S. The molecule has 0 spiro atoms. The number of amides is 1. The van der Waals surface area contributed by atoms with Crippen molar-refractivity contribution in [2.45, 2.75) is 18.2 Å². The van der Waals surface area contributed by atoms with Gasteiger partial charge < -0.3 is 10.6 Å². The number of benzene rings is 2. The largest absolute Gasteiger partial charge is 0.368 e. The Morgan fingerprint density at radius 1 is 1.00 bits per heavy atom. The predicted molar refractivity (Wildman–Crippen MR) is 109 cm³/mol. The molecule has 0 saturated carbocycles. The fourth-order valence-electron chi connectivity index (χ4n) is 3.17. The second-order valence-electron chi connectivity index (χ2n) is 6.65. The molecular weight excluding hydrogens is 374 g/mol. The topological polar surface area (TPSA) is 92.5 Å². The van der Waals surface area contributed by atoms with Crippen molar-refractivity contribution in [2.24, 2.45) is 5.73 Å². The predicted octanol–water partition coefficient (Wildman–Crippen LogP) is 1.92. The summed E-state index contributed by atoms with van der Waals surface area (Å²) in [5, 5.41) is 0. The first-order valence-corrected chi connectivity index (χ1v) is 10.6. The van der Waals surface area contributed by atoms with E-state index in [9.17, 15) is 13.2 Å². The van der Waals surface area contributed by atoms with Crippen molar-refractivity contribution in [1.29, 1.82) is 0 Å². The zero-order valence-corrected chi connectivity index (χ0v) is 16.2. The van der Waals surface area contributed by atoms with Crippen molar-refractivity contribution in [3.8, 4) is 0 Å². The summed E-state index contributed by atoms with van der Waals surface area (Å²) < 4.78 is 28.1. The van der Waals surface area contributed by atoms with Gasteiger partial charge in [0.15, 0.2) is 0 Å². The van der Waals surface area contributed by atoms with E-state index in [1.807, 2.05) is 36.4 Å². The lowest BCUT2D eigenvalue weighted by molar-refractivity contribution is -0.118. The average molecular weight is 398 g/mol. The molecule has 3 N–H and O–H groups in total. The monoisotopic (exact) mass is 397 g/mol. The highest BCUT2D eigenvalue weighted by Gasteiger charge is 2.27. The van der Waals surface area contributed by atoms with Crippen molar-refractivity contribution in [1.82, 2.24) is 9.62 Å². The van der Waals surface area contributed by atoms with Crippen LogP contribution in [0, 0.1) is 0 Å². The molecule has 1 unspecified atom stereocenters. The molecule has 7 heteroatoms. The number of hydrogen-bond donors (Lipinski definition) is 2. The van der Waals surface area contributed by atoms with Gasteiger partial charge in [-0.2, -0.15) is 0 Å². The van der Waals surface area contributed by atoms with Crippen LogP contribution in [0.4, 0.5) is 0 Å². The van der Waals surface area contributed by atoms with Gasteiger partial charge in [0.2, 0.25) is 15.9 Å². The molecule has 1 amide bonds. The number of carbonyl (C=O) groups excluding carboxylic acids is 1. The van der Waals surface area contributed by atoms with E-state index in [0.717, 1.165) is 5.56 Å². The van der Waals surface area contributed by atoms with Crippen LogP contribution in [-0.4, -0.2) is 31.8 Å². The third kappa shape index (κ3) is 5.47. The Balaban J connectivity index is 1.82. The Morgan fingerprint density at radius 2 is 1.61 bits per heavy atom. The van der Waals surface area contributed by atoms with E-state index in [1.165, 1.54) is 0 Å². The lowest BCUT2D eigenvalue weighted by Gasteiger charge is -2.34. The van der Waals surface area contributed by atoms with Crippen molar-refractivity contribution in [3.63, 3.8) is 0 Å². The molecule has 2 aromatic carbocycles. The van der Waals surface area contributed by atoms with E-state index in [1.54, 1.807) is 47.5 Å². The molecule has 0 aromatic heterocycles. The van der Waals surface area contributed by atoms with E-state index >= 15 is 0 Å². The lowest BCUT2D eigenvalue weighted by atomic mass is 10.00. The number of allylic oxidation sites excluding steroid dienone is 2. The van der Waals surface area contributed by atoms with Gasteiger partial charge in [-0.05, 0) is 29.7 Å². The Labute approximate surface area is 165 Å². The van der Waals surface area contributed by atoms with Gasteiger partial charge in [-0.1, -0.05) is 60.7 Å².